The number of carbonyl (C=O) groups excluding carboxylic acids is 3. The number of carbonyl (C=O) groups is 3. The fraction of sp³-hybridized carbons (Fsp3) is 0.300. The van der Waals surface area contributed by atoms with E-state index in [-0.39, 0.29) is 36.6 Å². The Morgan fingerprint density at radius 1 is 0.907 bits per heavy atom. The summed E-state index contributed by atoms with van der Waals surface area (Å²) in [6.45, 7) is 5.68. The number of nitrogens with zero attached hydrogens (tertiary/aromatic N) is 2. The number of hydrogen-bond donors (Lipinski definition) is 4. The van der Waals surface area contributed by atoms with Gasteiger partial charge in [0.15, 0.2) is 11.5 Å². The fourth-order valence-corrected chi connectivity index (χ4v) is 6.15. The Hall–Kier alpha value is -4.33. The van der Waals surface area contributed by atoms with E-state index in [1.54, 1.807) is 16.8 Å². The highest BCUT2D eigenvalue weighted by atomic mass is 32.1. The second-order valence-corrected chi connectivity index (χ2v) is 12.0. The van der Waals surface area contributed by atoms with Crippen molar-refractivity contribution in [1.82, 2.24) is 25.9 Å². The van der Waals surface area contributed by atoms with E-state index in [9.17, 15) is 19.5 Å². The first-order chi connectivity index (χ1) is 20.7. The van der Waals surface area contributed by atoms with Gasteiger partial charge in [0.1, 0.15) is 27.4 Å². The van der Waals surface area contributed by atoms with Gasteiger partial charge in [-0.25, -0.2) is 9.97 Å². The first-order valence-electron chi connectivity index (χ1n) is 13.6. The van der Waals surface area contributed by atoms with Crippen LogP contribution in [0.5, 0.6) is 11.5 Å². The number of nitrogens with one attached hydrogen (secondary N) is 3. The molecular formula is C30H31N5O6S2. The van der Waals surface area contributed by atoms with Crippen LogP contribution in [-0.2, 0) is 11.3 Å². The number of hydrogen-bond acceptors (Lipinski definition) is 10. The fourth-order valence-electron chi connectivity index (χ4n) is 4.33. The van der Waals surface area contributed by atoms with Gasteiger partial charge in [-0.3, -0.25) is 14.4 Å². The zero-order chi connectivity index (χ0) is 30.5. The molecule has 3 atom stereocenters. The first-order valence-corrected chi connectivity index (χ1v) is 15.4. The molecule has 0 bridgehead atoms. The molecule has 0 fully saturated rings. The molecule has 3 heterocycles. The zero-order valence-electron chi connectivity index (χ0n) is 23.7. The normalized spacial score (nSPS) is 14.2. The Labute approximate surface area is 256 Å². The SMILES string of the molecule is CC(C)[C@H](NC(=O)[C@@H](NC(=O)c1csc(-c2ccccc2)n1)[C@@H](C)O)c1nc(C(=O)NCc2ccc3c(c2)OCO3)cs1. The van der Waals surface area contributed by atoms with Crippen LogP contribution in [0.15, 0.2) is 59.3 Å². The van der Waals surface area contributed by atoms with Gasteiger partial charge in [0.25, 0.3) is 11.8 Å². The summed E-state index contributed by atoms with van der Waals surface area (Å²) < 4.78 is 10.7. The molecule has 13 heteroatoms. The number of aromatic nitrogens is 2. The summed E-state index contributed by atoms with van der Waals surface area (Å²) in [5.41, 5.74) is 2.10. The summed E-state index contributed by atoms with van der Waals surface area (Å²) in [5, 5.41) is 23.2. The van der Waals surface area contributed by atoms with Crippen molar-refractivity contribution in [3.63, 3.8) is 0 Å². The molecule has 5 rings (SSSR count). The lowest BCUT2D eigenvalue weighted by atomic mass is 10.0. The van der Waals surface area contributed by atoms with Crippen LogP contribution in [-0.4, -0.2) is 51.7 Å². The first kappa shape index (κ1) is 30.1. The van der Waals surface area contributed by atoms with E-state index in [2.05, 4.69) is 25.9 Å². The second-order valence-electron chi connectivity index (χ2n) is 10.3. The van der Waals surface area contributed by atoms with E-state index in [0.717, 1.165) is 11.1 Å². The van der Waals surface area contributed by atoms with Crippen molar-refractivity contribution in [2.45, 2.75) is 45.5 Å². The van der Waals surface area contributed by atoms with Crippen molar-refractivity contribution < 1.29 is 29.0 Å². The maximum Gasteiger partial charge on any atom is 0.271 e. The minimum atomic E-state index is -1.24. The van der Waals surface area contributed by atoms with Crippen LogP contribution in [0.3, 0.4) is 0 Å². The van der Waals surface area contributed by atoms with Crippen molar-refractivity contribution in [3.8, 4) is 22.1 Å². The average Bonchev–Trinajstić information content (AvgIpc) is 3.78. The second kappa shape index (κ2) is 13.3. The zero-order valence-corrected chi connectivity index (χ0v) is 25.3. The standard InChI is InChI=1S/C30H31N5O6S2/c1-16(2)24(30-33-20(13-43-30)26(37)31-12-18-9-10-22-23(11-18)41-15-40-22)34-28(39)25(17(3)36)35-27(38)21-14-42-29(32-21)19-7-5-4-6-8-19/h4-11,13-14,16-17,24-25,36H,12,15H2,1-3H3,(H,31,37)(H,34,39)(H,35,38)/t17-,24+,25+/m1/s1. The van der Waals surface area contributed by atoms with Gasteiger partial charge in [-0.1, -0.05) is 50.2 Å². The predicted octanol–water partition coefficient (Wildman–Crippen LogP) is 3.92. The van der Waals surface area contributed by atoms with Crippen molar-refractivity contribution in [2.75, 3.05) is 6.79 Å². The molecule has 43 heavy (non-hydrogen) atoms. The molecule has 4 N–H and O–H groups in total. The number of ether oxygens (including phenoxy) is 2. The molecule has 0 unspecified atom stereocenters. The lowest BCUT2D eigenvalue weighted by molar-refractivity contribution is -0.126. The molecule has 2 aromatic carbocycles. The number of fused-ring (bicyclic) bond motifs is 1. The van der Waals surface area contributed by atoms with Gasteiger partial charge in [0, 0.05) is 22.9 Å². The third-order valence-electron chi connectivity index (χ3n) is 6.68. The summed E-state index contributed by atoms with van der Waals surface area (Å²) >= 11 is 2.56. The van der Waals surface area contributed by atoms with Gasteiger partial charge in [0.05, 0.1) is 12.1 Å². The summed E-state index contributed by atoms with van der Waals surface area (Å²) in [4.78, 5) is 48.0. The van der Waals surface area contributed by atoms with Gasteiger partial charge in [0.2, 0.25) is 12.7 Å². The Morgan fingerprint density at radius 2 is 1.63 bits per heavy atom. The van der Waals surface area contributed by atoms with Crippen LogP contribution in [0.1, 0.15) is 58.4 Å². The molecule has 1 aliphatic heterocycles. The Balaban J connectivity index is 1.21. The van der Waals surface area contributed by atoms with Crippen molar-refractivity contribution >= 4 is 40.4 Å². The number of aliphatic hydroxyl groups excluding tert-OH is 1. The average molecular weight is 622 g/mol. The largest absolute Gasteiger partial charge is 0.454 e. The van der Waals surface area contributed by atoms with E-state index in [1.807, 2.05) is 56.3 Å². The smallest absolute Gasteiger partial charge is 0.271 e. The molecule has 224 valence electrons. The Bertz CT molecular complexity index is 1600. The Kier molecular flexibility index (Phi) is 9.34. The summed E-state index contributed by atoms with van der Waals surface area (Å²) in [6.07, 6.45) is -1.18. The molecule has 0 spiro atoms. The molecule has 1 aliphatic rings. The quantitative estimate of drug-likeness (QED) is 0.197. The molecule has 0 saturated heterocycles. The number of aliphatic hydroxyl groups is 1. The van der Waals surface area contributed by atoms with Gasteiger partial charge >= 0.3 is 0 Å². The van der Waals surface area contributed by atoms with E-state index in [0.29, 0.717) is 21.5 Å². The highest BCUT2D eigenvalue weighted by molar-refractivity contribution is 7.13. The van der Waals surface area contributed by atoms with E-state index in [4.69, 9.17) is 9.47 Å². The van der Waals surface area contributed by atoms with Crippen LogP contribution < -0.4 is 25.4 Å². The number of amides is 3. The molecule has 3 amide bonds. The van der Waals surface area contributed by atoms with Crippen molar-refractivity contribution in [3.05, 3.63) is 81.2 Å². The van der Waals surface area contributed by atoms with E-state index < -0.39 is 30.0 Å². The summed E-state index contributed by atoms with van der Waals surface area (Å²) in [5.74, 6) is -0.314. The maximum atomic E-state index is 13.3. The van der Waals surface area contributed by atoms with Gasteiger partial charge in [-0.05, 0) is 30.5 Å². The summed E-state index contributed by atoms with van der Waals surface area (Å²) in [7, 11) is 0. The number of rotatable bonds is 11. The molecule has 11 nitrogen and oxygen atoms in total. The lowest BCUT2D eigenvalue weighted by Gasteiger charge is -2.25. The van der Waals surface area contributed by atoms with E-state index >= 15 is 0 Å². The molecular weight excluding hydrogens is 590 g/mol. The lowest BCUT2D eigenvalue weighted by Crippen LogP contribution is -2.53. The topological polar surface area (TPSA) is 152 Å². The van der Waals surface area contributed by atoms with Crippen molar-refractivity contribution in [2.24, 2.45) is 5.92 Å². The van der Waals surface area contributed by atoms with E-state index in [1.165, 1.54) is 29.6 Å². The molecule has 0 radical (unpaired) electrons. The van der Waals surface area contributed by atoms with Gasteiger partial charge < -0.3 is 30.5 Å². The van der Waals surface area contributed by atoms with Gasteiger partial charge in [-0.2, -0.15) is 0 Å². The molecule has 2 aromatic heterocycles. The minimum Gasteiger partial charge on any atom is -0.454 e. The van der Waals surface area contributed by atoms with Crippen molar-refractivity contribution in [1.29, 1.82) is 0 Å². The van der Waals surface area contributed by atoms with Gasteiger partial charge in [-0.15, -0.1) is 22.7 Å². The highest BCUT2D eigenvalue weighted by Gasteiger charge is 2.31. The van der Waals surface area contributed by atoms with Crippen LogP contribution in [0, 0.1) is 5.92 Å². The monoisotopic (exact) mass is 621 g/mol. The molecule has 4 aromatic rings. The minimum absolute atomic E-state index is 0.100. The number of thiazole rings is 2. The third-order valence-corrected chi connectivity index (χ3v) is 8.50. The van der Waals surface area contributed by atoms with Crippen LogP contribution in [0.4, 0.5) is 0 Å². The maximum absolute atomic E-state index is 13.3. The van der Waals surface area contributed by atoms with Crippen LogP contribution in [0.25, 0.3) is 10.6 Å². The molecule has 0 aliphatic carbocycles. The van der Waals surface area contributed by atoms with Crippen LogP contribution >= 0.6 is 22.7 Å². The Morgan fingerprint density at radius 3 is 2.37 bits per heavy atom. The predicted molar refractivity (Wildman–Crippen MR) is 162 cm³/mol. The molecule has 0 saturated carbocycles. The highest BCUT2D eigenvalue weighted by Crippen LogP contribution is 2.32. The van der Waals surface area contributed by atoms with Crippen LogP contribution in [0.2, 0.25) is 0 Å². The third kappa shape index (κ3) is 7.19. The number of benzene rings is 2. The summed E-state index contributed by atoms with van der Waals surface area (Å²) in [6, 6.07) is 13.1.